The molecule has 1 N–H and O–H groups in total. The summed E-state index contributed by atoms with van der Waals surface area (Å²) in [5.41, 5.74) is 0.153. The fourth-order valence-corrected chi connectivity index (χ4v) is 3.45. The van der Waals surface area contributed by atoms with Crippen molar-refractivity contribution in [3.8, 4) is 0 Å². The van der Waals surface area contributed by atoms with E-state index in [1.54, 1.807) is 6.07 Å². The van der Waals surface area contributed by atoms with Gasteiger partial charge in [0.2, 0.25) is 0 Å². The minimum absolute atomic E-state index is 0.0202. The van der Waals surface area contributed by atoms with Crippen LogP contribution in [0.15, 0.2) is 33.9 Å². The summed E-state index contributed by atoms with van der Waals surface area (Å²) >= 11 is 3.30. The third kappa shape index (κ3) is 2.58. The summed E-state index contributed by atoms with van der Waals surface area (Å²) in [6, 6.07) is 4.99. The van der Waals surface area contributed by atoms with Crippen LogP contribution in [-0.2, 0) is 0 Å². The quantitative estimate of drug-likeness (QED) is 0.847. The van der Waals surface area contributed by atoms with E-state index in [4.69, 9.17) is 0 Å². The summed E-state index contributed by atoms with van der Waals surface area (Å²) in [5, 5.41) is 2.51. The molecule has 0 saturated heterocycles. The van der Waals surface area contributed by atoms with E-state index in [0.29, 0.717) is 4.44 Å². The molecule has 2 aromatic heterocycles. The number of carbonyl (C=O) groups excluding carboxylic acids is 1. The molecule has 0 aliphatic rings. The van der Waals surface area contributed by atoms with E-state index < -0.39 is 5.82 Å². The number of nitrogens with zero attached hydrogens (tertiary/aromatic N) is 1. The van der Waals surface area contributed by atoms with Gasteiger partial charge in [0.25, 0.3) is 0 Å². The predicted octanol–water partition coefficient (Wildman–Crippen LogP) is 2.29. The Morgan fingerprint density at radius 1 is 1.44 bits per heavy atom. The Hall–Kier alpha value is -0.971. The second-order valence-corrected chi connectivity index (χ2v) is 7.22. The van der Waals surface area contributed by atoms with Crippen LogP contribution < -0.4 is 5.32 Å². The molecule has 2 heterocycles. The van der Waals surface area contributed by atoms with Gasteiger partial charge in [-0.1, -0.05) is 0 Å². The zero-order valence-corrected chi connectivity index (χ0v) is 11.2. The van der Waals surface area contributed by atoms with Gasteiger partial charge in [0, 0.05) is 0 Å². The van der Waals surface area contributed by atoms with E-state index in [1.165, 1.54) is 12.3 Å². The Morgan fingerprint density at radius 3 is 2.88 bits per heavy atom. The van der Waals surface area contributed by atoms with Gasteiger partial charge in [-0.05, 0) is 0 Å². The molecule has 0 aliphatic carbocycles. The molecule has 0 saturated carbocycles. The predicted molar refractivity (Wildman–Crippen MR) is 63.2 cm³/mol. The standard InChI is InChI=1S/C10H6BrFN2OSe/c11-9-2-1-8(16-9)10(15)14-7-3-4-13-5-6(7)12/h1-5H,(H,13,14,15). The molecule has 0 atom stereocenters. The second-order valence-electron chi connectivity index (χ2n) is 2.91. The number of pyridine rings is 1. The number of hydrogen-bond acceptors (Lipinski definition) is 2. The number of aromatic nitrogens is 1. The molecule has 3 nitrogen and oxygen atoms in total. The van der Waals surface area contributed by atoms with Crippen molar-refractivity contribution >= 4 is 42.0 Å². The van der Waals surface area contributed by atoms with Gasteiger partial charge in [-0.25, -0.2) is 0 Å². The number of anilines is 1. The number of halogens is 2. The summed E-state index contributed by atoms with van der Waals surface area (Å²) < 4.78 is 14.9. The average molecular weight is 348 g/mol. The molecular weight excluding hydrogens is 342 g/mol. The molecule has 0 bridgehead atoms. The van der Waals surface area contributed by atoms with Crippen LogP contribution >= 0.6 is 15.9 Å². The molecule has 0 spiro atoms. The van der Waals surface area contributed by atoms with Crippen LogP contribution in [0, 0.1) is 5.82 Å². The van der Waals surface area contributed by atoms with E-state index in [-0.39, 0.29) is 26.1 Å². The number of hydrogen-bond donors (Lipinski definition) is 1. The topological polar surface area (TPSA) is 42.0 Å². The van der Waals surface area contributed by atoms with Crippen molar-refractivity contribution in [2.45, 2.75) is 0 Å². The third-order valence-electron chi connectivity index (χ3n) is 1.82. The number of amides is 1. The fraction of sp³-hybridized carbons (Fsp3) is 0. The SMILES string of the molecule is O=C(Nc1ccncc1F)c1ccc(Br)[se]1. The van der Waals surface area contributed by atoms with Gasteiger partial charge in [-0.15, -0.1) is 0 Å². The van der Waals surface area contributed by atoms with Gasteiger partial charge < -0.3 is 0 Å². The molecule has 0 fully saturated rings. The van der Waals surface area contributed by atoms with Crippen molar-refractivity contribution < 1.29 is 9.18 Å². The Kier molecular flexibility index (Phi) is 3.53. The molecule has 6 heteroatoms. The molecule has 0 aromatic carbocycles. The minimum atomic E-state index is -0.533. The van der Waals surface area contributed by atoms with Gasteiger partial charge in [0.05, 0.1) is 0 Å². The van der Waals surface area contributed by atoms with Gasteiger partial charge in [-0.3, -0.25) is 0 Å². The number of rotatable bonds is 2. The molecule has 0 radical (unpaired) electrons. The first kappa shape index (κ1) is 11.5. The maximum absolute atomic E-state index is 13.2. The van der Waals surface area contributed by atoms with Crippen molar-refractivity contribution in [3.05, 3.63) is 44.2 Å². The third-order valence-corrected chi connectivity index (χ3v) is 4.75. The zero-order valence-electron chi connectivity index (χ0n) is 7.91. The Bertz CT molecular complexity index is 529. The first-order valence-electron chi connectivity index (χ1n) is 4.33. The van der Waals surface area contributed by atoms with Crippen molar-refractivity contribution in [1.29, 1.82) is 0 Å². The van der Waals surface area contributed by atoms with Crippen molar-refractivity contribution in [2.24, 2.45) is 0 Å². The fourth-order valence-electron chi connectivity index (χ4n) is 1.10. The van der Waals surface area contributed by atoms with E-state index in [2.05, 4.69) is 26.2 Å². The molecule has 2 rings (SSSR count). The maximum atomic E-state index is 13.2. The molecule has 16 heavy (non-hydrogen) atoms. The van der Waals surface area contributed by atoms with E-state index in [9.17, 15) is 9.18 Å². The summed E-state index contributed by atoms with van der Waals surface area (Å²) in [6.07, 6.45) is 2.50. The monoisotopic (exact) mass is 348 g/mol. The first-order chi connectivity index (χ1) is 7.66. The summed E-state index contributed by atoms with van der Waals surface area (Å²) in [5.74, 6) is -0.801. The van der Waals surface area contributed by atoms with Gasteiger partial charge >= 0.3 is 106 Å². The van der Waals surface area contributed by atoms with E-state index >= 15 is 0 Å². The molecule has 0 unspecified atom stereocenters. The van der Waals surface area contributed by atoms with E-state index in [1.807, 2.05) is 6.07 Å². The van der Waals surface area contributed by atoms with Crippen LogP contribution in [0.4, 0.5) is 10.1 Å². The van der Waals surface area contributed by atoms with Crippen LogP contribution in [0.2, 0.25) is 0 Å². The van der Waals surface area contributed by atoms with Crippen molar-refractivity contribution in [3.63, 3.8) is 0 Å². The zero-order chi connectivity index (χ0) is 11.5. The summed E-state index contributed by atoms with van der Waals surface area (Å²) in [6.45, 7) is 0. The Morgan fingerprint density at radius 2 is 2.25 bits per heavy atom. The number of carbonyl (C=O) groups is 1. The van der Waals surface area contributed by atoms with E-state index in [0.717, 1.165) is 9.54 Å². The Balaban J connectivity index is 2.17. The van der Waals surface area contributed by atoms with Crippen LogP contribution in [0.5, 0.6) is 0 Å². The van der Waals surface area contributed by atoms with Gasteiger partial charge in [-0.2, -0.15) is 0 Å². The second kappa shape index (κ2) is 4.91. The molecule has 0 aliphatic heterocycles. The first-order valence-corrected chi connectivity index (χ1v) is 6.83. The molecule has 82 valence electrons. The molecule has 1 amide bonds. The van der Waals surface area contributed by atoms with Crippen molar-refractivity contribution in [1.82, 2.24) is 4.98 Å². The Labute approximate surface area is 106 Å². The molecule has 2 aromatic rings. The summed E-state index contributed by atoms with van der Waals surface area (Å²) in [4.78, 5) is 15.3. The van der Waals surface area contributed by atoms with Crippen LogP contribution in [0.3, 0.4) is 0 Å². The van der Waals surface area contributed by atoms with Crippen molar-refractivity contribution in [2.75, 3.05) is 5.32 Å². The normalized spacial score (nSPS) is 10.1. The summed E-state index contributed by atoms with van der Waals surface area (Å²) in [7, 11) is 0. The number of nitrogens with one attached hydrogen (secondary N) is 1. The molecular formula is C10H6BrFN2OSe. The van der Waals surface area contributed by atoms with Gasteiger partial charge in [0.15, 0.2) is 0 Å². The van der Waals surface area contributed by atoms with Crippen LogP contribution in [-0.4, -0.2) is 25.4 Å². The van der Waals surface area contributed by atoms with Gasteiger partial charge in [0.1, 0.15) is 0 Å². The van der Waals surface area contributed by atoms with Crippen LogP contribution in [0.25, 0.3) is 0 Å². The van der Waals surface area contributed by atoms with Crippen LogP contribution in [0.1, 0.15) is 9.23 Å². The average Bonchev–Trinajstić information content (AvgIpc) is 2.68.